The van der Waals surface area contributed by atoms with E-state index in [1.807, 2.05) is 0 Å². The van der Waals surface area contributed by atoms with Gasteiger partial charge in [-0.25, -0.2) is 0 Å². The van der Waals surface area contributed by atoms with Crippen molar-refractivity contribution < 1.29 is 0 Å². The van der Waals surface area contributed by atoms with Gasteiger partial charge in [0.25, 0.3) is 0 Å². The molecule has 2 aliphatic rings. The number of nitrogens with one attached hydrogen (secondary N) is 1. The Labute approximate surface area is 95.0 Å². The highest BCUT2D eigenvalue weighted by molar-refractivity contribution is 4.82. The van der Waals surface area contributed by atoms with Crippen molar-refractivity contribution in [1.82, 2.24) is 5.32 Å². The van der Waals surface area contributed by atoms with E-state index in [9.17, 15) is 0 Å². The first-order valence-corrected chi connectivity index (χ1v) is 7.10. The molecule has 0 aromatic rings. The van der Waals surface area contributed by atoms with Gasteiger partial charge in [0.05, 0.1) is 0 Å². The van der Waals surface area contributed by atoms with Crippen molar-refractivity contribution >= 4 is 0 Å². The van der Waals surface area contributed by atoms with Crippen molar-refractivity contribution in [3.63, 3.8) is 0 Å². The lowest BCUT2D eigenvalue weighted by molar-refractivity contribution is 0.348. The zero-order chi connectivity index (χ0) is 10.5. The summed E-state index contributed by atoms with van der Waals surface area (Å²) in [5.74, 6) is 0.969. The van der Waals surface area contributed by atoms with E-state index in [-0.39, 0.29) is 0 Å². The second-order valence-corrected chi connectivity index (χ2v) is 5.82. The summed E-state index contributed by atoms with van der Waals surface area (Å²) < 4.78 is 0. The van der Waals surface area contributed by atoms with E-state index in [4.69, 9.17) is 0 Å². The summed E-state index contributed by atoms with van der Waals surface area (Å²) in [6.45, 7) is 2.40. The Balaban J connectivity index is 1.71. The predicted molar refractivity (Wildman–Crippen MR) is 66.0 cm³/mol. The van der Waals surface area contributed by atoms with Gasteiger partial charge in [0.2, 0.25) is 0 Å². The molecule has 0 amide bonds. The lowest BCUT2D eigenvalue weighted by atomic mass is 9.96. The van der Waals surface area contributed by atoms with Gasteiger partial charge in [-0.1, -0.05) is 39.0 Å². The quantitative estimate of drug-likeness (QED) is 0.728. The summed E-state index contributed by atoms with van der Waals surface area (Å²) in [6, 6.07) is 1.70. The van der Waals surface area contributed by atoms with Crippen LogP contribution in [0.1, 0.15) is 71.1 Å². The number of hydrogen-bond donors (Lipinski definition) is 1. The molecule has 0 aromatic heterocycles. The molecule has 0 saturated heterocycles. The summed E-state index contributed by atoms with van der Waals surface area (Å²) >= 11 is 0. The fourth-order valence-electron chi connectivity index (χ4n) is 3.31. The lowest BCUT2D eigenvalue weighted by Gasteiger charge is -2.24. The molecule has 2 unspecified atom stereocenters. The topological polar surface area (TPSA) is 12.0 Å². The molecule has 0 aliphatic heterocycles. The van der Waals surface area contributed by atoms with Gasteiger partial charge in [-0.2, -0.15) is 0 Å². The minimum absolute atomic E-state index is 0.848. The average molecular weight is 209 g/mol. The van der Waals surface area contributed by atoms with Gasteiger partial charge in [-0.05, 0) is 38.0 Å². The zero-order valence-electron chi connectivity index (χ0n) is 10.3. The molecule has 0 bridgehead atoms. The molecule has 0 heterocycles. The Bertz CT molecular complexity index is 170. The molecule has 0 spiro atoms. The highest BCUT2D eigenvalue weighted by atomic mass is 15.0. The molecular formula is C14H27N. The molecule has 0 aromatic carbocycles. The second-order valence-electron chi connectivity index (χ2n) is 5.82. The van der Waals surface area contributed by atoms with Crippen molar-refractivity contribution in [2.75, 3.05) is 0 Å². The van der Waals surface area contributed by atoms with E-state index >= 15 is 0 Å². The van der Waals surface area contributed by atoms with Gasteiger partial charge in [0, 0.05) is 12.1 Å². The molecule has 2 fully saturated rings. The maximum atomic E-state index is 3.92. The SMILES string of the molecule is CC1CCC(NC2CCCCCCC2)C1. The third kappa shape index (κ3) is 3.79. The maximum absolute atomic E-state index is 3.92. The van der Waals surface area contributed by atoms with E-state index in [1.165, 1.54) is 64.2 Å². The molecule has 1 nitrogen and oxygen atoms in total. The summed E-state index contributed by atoms with van der Waals surface area (Å²) in [4.78, 5) is 0. The fraction of sp³-hybridized carbons (Fsp3) is 1.00. The van der Waals surface area contributed by atoms with Crippen LogP contribution in [0, 0.1) is 5.92 Å². The second kappa shape index (κ2) is 5.89. The van der Waals surface area contributed by atoms with Gasteiger partial charge >= 0.3 is 0 Å². The van der Waals surface area contributed by atoms with Crippen molar-refractivity contribution in [1.29, 1.82) is 0 Å². The van der Waals surface area contributed by atoms with Crippen LogP contribution in [0.3, 0.4) is 0 Å². The van der Waals surface area contributed by atoms with E-state index in [2.05, 4.69) is 12.2 Å². The largest absolute Gasteiger partial charge is 0.311 e. The molecule has 88 valence electrons. The summed E-state index contributed by atoms with van der Waals surface area (Å²) in [5, 5.41) is 3.92. The van der Waals surface area contributed by atoms with Crippen LogP contribution < -0.4 is 5.32 Å². The zero-order valence-corrected chi connectivity index (χ0v) is 10.3. The van der Waals surface area contributed by atoms with Gasteiger partial charge < -0.3 is 5.32 Å². The highest BCUT2D eigenvalue weighted by Crippen LogP contribution is 2.26. The van der Waals surface area contributed by atoms with Crippen molar-refractivity contribution in [2.24, 2.45) is 5.92 Å². The highest BCUT2D eigenvalue weighted by Gasteiger charge is 2.23. The molecule has 0 radical (unpaired) electrons. The third-order valence-corrected chi connectivity index (χ3v) is 4.27. The fourth-order valence-corrected chi connectivity index (χ4v) is 3.31. The Hall–Kier alpha value is -0.0400. The Morgan fingerprint density at radius 2 is 1.40 bits per heavy atom. The van der Waals surface area contributed by atoms with Crippen LogP contribution in [0.15, 0.2) is 0 Å². The van der Waals surface area contributed by atoms with Gasteiger partial charge in [0.15, 0.2) is 0 Å². The van der Waals surface area contributed by atoms with Crippen molar-refractivity contribution in [3.8, 4) is 0 Å². The minimum Gasteiger partial charge on any atom is -0.311 e. The van der Waals surface area contributed by atoms with Gasteiger partial charge in [-0.3, -0.25) is 0 Å². The first kappa shape index (κ1) is 11.4. The minimum atomic E-state index is 0.848. The lowest BCUT2D eigenvalue weighted by Crippen LogP contribution is -2.37. The van der Waals surface area contributed by atoms with E-state index in [0.717, 1.165) is 18.0 Å². The Morgan fingerprint density at radius 3 is 2.00 bits per heavy atom. The van der Waals surface area contributed by atoms with Crippen LogP contribution in [0.4, 0.5) is 0 Å². The smallest absolute Gasteiger partial charge is 0.00722 e. The average Bonchev–Trinajstić information content (AvgIpc) is 2.56. The first-order valence-electron chi connectivity index (χ1n) is 7.10. The van der Waals surface area contributed by atoms with Crippen LogP contribution in [-0.2, 0) is 0 Å². The Morgan fingerprint density at radius 1 is 0.733 bits per heavy atom. The molecule has 1 N–H and O–H groups in total. The molecule has 15 heavy (non-hydrogen) atoms. The third-order valence-electron chi connectivity index (χ3n) is 4.27. The molecular weight excluding hydrogens is 182 g/mol. The van der Waals surface area contributed by atoms with E-state index in [0.29, 0.717) is 0 Å². The summed E-state index contributed by atoms with van der Waals surface area (Å²) in [7, 11) is 0. The molecule has 2 rings (SSSR count). The Kier molecular flexibility index (Phi) is 4.49. The van der Waals surface area contributed by atoms with E-state index < -0.39 is 0 Å². The molecule has 2 aliphatic carbocycles. The molecule has 2 atom stereocenters. The van der Waals surface area contributed by atoms with Crippen LogP contribution in [0.25, 0.3) is 0 Å². The van der Waals surface area contributed by atoms with Crippen molar-refractivity contribution in [3.05, 3.63) is 0 Å². The maximum Gasteiger partial charge on any atom is 0.00722 e. The summed E-state index contributed by atoms with van der Waals surface area (Å²) in [6.07, 6.45) is 14.5. The van der Waals surface area contributed by atoms with Gasteiger partial charge in [0.1, 0.15) is 0 Å². The predicted octanol–water partition coefficient (Wildman–Crippen LogP) is 3.88. The first-order chi connectivity index (χ1) is 7.34. The standard InChI is InChI=1S/C14H27N/c1-12-9-10-14(11-12)15-13-7-5-3-2-4-6-8-13/h12-15H,2-11H2,1H3. The molecule has 1 heteroatoms. The van der Waals surface area contributed by atoms with Gasteiger partial charge in [-0.15, -0.1) is 0 Å². The van der Waals surface area contributed by atoms with Crippen LogP contribution in [0.2, 0.25) is 0 Å². The molecule has 2 saturated carbocycles. The monoisotopic (exact) mass is 209 g/mol. The van der Waals surface area contributed by atoms with E-state index in [1.54, 1.807) is 0 Å². The summed E-state index contributed by atoms with van der Waals surface area (Å²) in [5.41, 5.74) is 0. The normalized spacial score (nSPS) is 35.0. The van der Waals surface area contributed by atoms with Crippen LogP contribution in [0.5, 0.6) is 0 Å². The van der Waals surface area contributed by atoms with Crippen LogP contribution >= 0.6 is 0 Å². The van der Waals surface area contributed by atoms with Crippen molar-refractivity contribution in [2.45, 2.75) is 83.2 Å². The number of hydrogen-bond acceptors (Lipinski definition) is 1. The number of rotatable bonds is 2. The van der Waals surface area contributed by atoms with Crippen LogP contribution in [-0.4, -0.2) is 12.1 Å².